The number of rotatable bonds is 1. The predicted molar refractivity (Wildman–Crippen MR) is 68.5 cm³/mol. The number of halogens is 1. The highest BCUT2D eigenvalue weighted by molar-refractivity contribution is 9.10. The fourth-order valence-corrected chi connectivity index (χ4v) is 1.79. The van der Waals surface area contributed by atoms with Crippen molar-refractivity contribution < 1.29 is 9.90 Å². The molecule has 0 unspecified atom stereocenters. The highest BCUT2D eigenvalue weighted by atomic mass is 79.9. The Hall–Kier alpha value is -0.818. The van der Waals surface area contributed by atoms with E-state index in [0.717, 1.165) is 15.2 Å². The fourth-order valence-electron chi connectivity index (χ4n) is 1.43. The molecular weight excluding hydrogens is 271 g/mol. The molecule has 0 amide bonds. The maximum atomic E-state index is 10.9. The maximum absolute atomic E-state index is 10.9. The largest absolute Gasteiger partial charge is 0.478 e. The van der Waals surface area contributed by atoms with E-state index in [1.165, 1.54) is 0 Å². The molecule has 0 spiro atoms. The first kappa shape index (κ1) is 12.3. The Kier molecular flexibility index (Phi) is 3.92. The molecular formula is C11H10AlBrO2. The average molecular weight is 281 g/mol. The fraction of sp³-hybridized carbons (Fsp3) is 0. The van der Waals surface area contributed by atoms with E-state index in [1.807, 2.05) is 24.3 Å². The van der Waals surface area contributed by atoms with Crippen molar-refractivity contribution in [1.82, 2.24) is 0 Å². The number of aromatic carboxylic acids is 1. The van der Waals surface area contributed by atoms with Crippen LogP contribution in [0.4, 0.5) is 0 Å². The first-order chi connectivity index (χ1) is 6.68. The molecule has 0 radical (unpaired) electrons. The zero-order valence-electron chi connectivity index (χ0n) is 7.20. The Morgan fingerprint density at radius 1 is 1.20 bits per heavy atom. The van der Waals surface area contributed by atoms with Crippen LogP contribution in [0.5, 0.6) is 0 Å². The van der Waals surface area contributed by atoms with Gasteiger partial charge in [-0.15, -0.1) is 0 Å². The van der Waals surface area contributed by atoms with Gasteiger partial charge in [-0.25, -0.2) is 4.79 Å². The molecule has 0 fully saturated rings. The molecule has 2 aromatic carbocycles. The van der Waals surface area contributed by atoms with Crippen molar-refractivity contribution in [3.05, 3.63) is 46.4 Å². The van der Waals surface area contributed by atoms with Crippen LogP contribution in [0.1, 0.15) is 10.4 Å². The summed E-state index contributed by atoms with van der Waals surface area (Å²) in [6, 6.07) is 10.9. The summed E-state index contributed by atoms with van der Waals surface area (Å²) in [5.74, 6) is -0.895. The van der Waals surface area contributed by atoms with E-state index in [2.05, 4.69) is 15.9 Å². The summed E-state index contributed by atoms with van der Waals surface area (Å²) in [5.41, 5.74) is 0.337. The second-order valence-corrected chi connectivity index (χ2v) is 3.89. The molecule has 0 saturated carbocycles. The summed E-state index contributed by atoms with van der Waals surface area (Å²) >= 11 is 3.32. The van der Waals surface area contributed by atoms with Gasteiger partial charge in [0.15, 0.2) is 17.4 Å². The Morgan fingerprint density at radius 2 is 1.93 bits per heavy atom. The van der Waals surface area contributed by atoms with Crippen molar-refractivity contribution in [3.63, 3.8) is 0 Å². The Morgan fingerprint density at radius 3 is 2.60 bits per heavy atom. The van der Waals surface area contributed by atoms with Gasteiger partial charge in [0.05, 0.1) is 5.56 Å². The molecule has 0 saturated heterocycles. The second-order valence-electron chi connectivity index (χ2n) is 2.98. The van der Waals surface area contributed by atoms with E-state index in [1.54, 1.807) is 12.1 Å². The lowest BCUT2D eigenvalue weighted by molar-refractivity contribution is 0.0699. The Bertz CT molecular complexity index is 511. The van der Waals surface area contributed by atoms with Crippen molar-refractivity contribution in [1.29, 1.82) is 0 Å². The van der Waals surface area contributed by atoms with Gasteiger partial charge in [0.2, 0.25) is 0 Å². The van der Waals surface area contributed by atoms with Gasteiger partial charge in [0.25, 0.3) is 0 Å². The van der Waals surface area contributed by atoms with E-state index in [9.17, 15) is 4.79 Å². The minimum Gasteiger partial charge on any atom is -0.478 e. The topological polar surface area (TPSA) is 37.3 Å². The van der Waals surface area contributed by atoms with Gasteiger partial charge in [-0.3, -0.25) is 0 Å². The number of carboxylic acid groups (broad SMARTS) is 1. The average Bonchev–Trinajstić information content (AvgIpc) is 2.16. The summed E-state index contributed by atoms with van der Waals surface area (Å²) in [4.78, 5) is 10.9. The molecule has 0 aliphatic carbocycles. The summed E-state index contributed by atoms with van der Waals surface area (Å²) in [6.45, 7) is 0. The third-order valence-corrected chi connectivity index (χ3v) is 2.57. The van der Waals surface area contributed by atoms with Crippen molar-refractivity contribution in [2.24, 2.45) is 0 Å². The maximum Gasteiger partial charge on any atom is 0.336 e. The first-order valence-corrected chi connectivity index (χ1v) is 4.89. The third-order valence-electron chi connectivity index (χ3n) is 2.07. The molecule has 0 aromatic heterocycles. The molecule has 2 aromatic rings. The lowest BCUT2D eigenvalue weighted by Crippen LogP contribution is -1.96. The van der Waals surface area contributed by atoms with Gasteiger partial charge in [0, 0.05) is 4.47 Å². The minimum absolute atomic E-state index is 0. The van der Waals surface area contributed by atoms with Crippen LogP contribution in [-0.2, 0) is 0 Å². The van der Waals surface area contributed by atoms with Crippen LogP contribution in [0, 0.1) is 0 Å². The van der Waals surface area contributed by atoms with Gasteiger partial charge in [-0.1, -0.05) is 34.1 Å². The molecule has 76 valence electrons. The smallest absolute Gasteiger partial charge is 0.336 e. The normalized spacial score (nSPS) is 9.67. The quantitative estimate of drug-likeness (QED) is 0.813. The van der Waals surface area contributed by atoms with Gasteiger partial charge < -0.3 is 5.11 Å². The van der Waals surface area contributed by atoms with Gasteiger partial charge in [-0.05, 0) is 29.0 Å². The predicted octanol–water partition coefficient (Wildman–Crippen LogP) is 2.12. The first-order valence-electron chi connectivity index (χ1n) is 4.10. The molecule has 1 N–H and O–H groups in total. The van der Waals surface area contributed by atoms with Crippen molar-refractivity contribution >= 4 is 50.0 Å². The zero-order valence-corrected chi connectivity index (χ0v) is 8.78. The van der Waals surface area contributed by atoms with E-state index in [-0.39, 0.29) is 17.4 Å². The van der Waals surface area contributed by atoms with E-state index in [4.69, 9.17) is 5.11 Å². The monoisotopic (exact) mass is 280 g/mol. The van der Waals surface area contributed by atoms with E-state index >= 15 is 0 Å². The van der Waals surface area contributed by atoms with E-state index < -0.39 is 5.97 Å². The van der Waals surface area contributed by atoms with Gasteiger partial charge in [0.1, 0.15) is 0 Å². The van der Waals surface area contributed by atoms with Crippen LogP contribution in [0.3, 0.4) is 0 Å². The molecule has 2 rings (SSSR count). The number of hydrogen-bond donors (Lipinski definition) is 1. The lowest BCUT2D eigenvalue weighted by Gasteiger charge is -2.02. The highest BCUT2D eigenvalue weighted by Crippen LogP contribution is 2.22. The van der Waals surface area contributed by atoms with Crippen LogP contribution < -0.4 is 0 Å². The van der Waals surface area contributed by atoms with Crippen molar-refractivity contribution in [3.8, 4) is 0 Å². The second kappa shape index (κ2) is 4.80. The Balaban J connectivity index is 0.00000112. The number of carboxylic acids is 1. The minimum atomic E-state index is -0.895. The Labute approximate surface area is 106 Å². The summed E-state index contributed by atoms with van der Waals surface area (Å²) in [6.07, 6.45) is 0. The highest BCUT2D eigenvalue weighted by Gasteiger charge is 2.07. The number of carbonyl (C=O) groups is 1. The number of hydrogen-bond acceptors (Lipinski definition) is 1. The standard InChI is InChI=1S/C11H7BrO2.Al.3H/c12-8-5-4-7-2-1-3-9(11(13)14)10(7)6-8;;;;/h1-6H,(H,13,14);;;;. The molecule has 2 nitrogen and oxygen atoms in total. The van der Waals surface area contributed by atoms with Crippen LogP contribution >= 0.6 is 15.9 Å². The summed E-state index contributed by atoms with van der Waals surface area (Å²) in [5, 5.41) is 10.7. The number of fused-ring (bicyclic) bond motifs is 1. The van der Waals surface area contributed by atoms with Crippen LogP contribution in [0.25, 0.3) is 10.8 Å². The van der Waals surface area contributed by atoms with Crippen molar-refractivity contribution in [2.45, 2.75) is 0 Å². The molecule has 15 heavy (non-hydrogen) atoms. The van der Waals surface area contributed by atoms with Crippen LogP contribution in [0.2, 0.25) is 0 Å². The van der Waals surface area contributed by atoms with Gasteiger partial charge >= 0.3 is 5.97 Å². The SMILES string of the molecule is O=C(O)c1cccc2ccc(Br)cc12.[AlH3]. The molecule has 0 atom stereocenters. The molecule has 0 aliphatic heterocycles. The third kappa shape index (κ3) is 2.40. The lowest BCUT2D eigenvalue weighted by atomic mass is 10.1. The molecule has 0 aliphatic rings. The number of benzene rings is 2. The van der Waals surface area contributed by atoms with Gasteiger partial charge in [-0.2, -0.15) is 0 Å². The van der Waals surface area contributed by atoms with Crippen LogP contribution in [-0.4, -0.2) is 28.4 Å². The van der Waals surface area contributed by atoms with E-state index in [0.29, 0.717) is 5.56 Å². The summed E-state index contributed by atoms with van der Waals surface area (Å²) in [7, 11) is 0. The zero-order chi connectivity index (χ0) is 10.1. The van der Waals surface area contributed by atoms with Crippen molar-refractivity contribution in [2.75, 3.05) is 0 Å². The summed E-state index contributed by atoms with van der Waals surface area (Å²) < 4.78 is 0.888. The van der Waals surface area contributed by atoms with Crippen LogP contribution in [0.15, 0.2) is 40.9 Å². The molecule has 0 heterocycles. The molecule has 0 bridgehead atoms. The molecule has 4 heteroatoms.